The van der Waals surface area contributed by atoms with E-state index in [-0.39, 0.29) is 16.9 Å². The molecule has 0 atom stereocenters. The van der Waals surface area contributed by atoms with Gasteiger partial charge in [0, 0.05) is 26.1 Å². The van der Waals surface area contributed by atoms with Crippen molar-refractivity contribution in [1.82, 2.24) is 14.1 Å². The van der Waals surface area contributed by atoms with Gasteiger partial charge in [-0.05, 0) is 29.7 Å². The van der Waals surface area contributed by atoms with Crippen LogP contribution >= 0.6 is 0 Å². The lowest BCUT2D eigenvalue weighted by Crippen LogP contribution is -2.27. The Morgan fingerprint density at radius 1 is 1.12 bits per heavy atom. The number of carbonyl (C=O) groups is 1. The number of nitrogens with zero attached hydrogens (tertiary/aromatic N) is 3. The fraction of sp³-hybridized carbons (Fsp3) is 0.350. The maximum Gasteiger partial charge on any atom is 0.328 e. The summed E-state index contributed by atoms with van der Waals surface area (Å²) in [5.74, 6) is -0.0633. The zero-order valence-electron chi connectivity index (χ0n) is 15.3. The predicted molar refractivity (Wildman–Crippen MR) is 99.9 cm³/mol. The molecule has 5 nitrogen and oxygen atoms in total. The highest BCUT2D eigenvalue weighted by atomic mass is 16.1. The van der Waals surface area contributed by atoms with Crippen molar-refractivity contribution in [3.8, 4) is 11.3 Å². The van der Waals surface area contributed by atoms with Crippen LogP contribution in [0.3, 0.4) is 0 Å². The molecule has 25 heavy (non-hydrogen) atoms. The van der Waals surface area contributed by atoms with Crippen LogP contribution in [0.5, 0.6) is 0 Å². The van der Waals surface area contributed by atoms with E-state index >= 15 is 0 Å². The van der Waals surface area contributed by atoms with Gasteiger partial charge in [0.25, 0.3) is 0 Å². The van der Waals surface area contributed by atoms with Gasteiger partial charge in [0.1, 0.15) is 5.69 Å². The van der Waals surface area contributed by atoms with Crippen LogP contribution in [0.25, 0.3) is 22.3 Å². The second-order valence-corrected chi connectivity index (χ2v) is 7.66. The quantitative estimate of drug-likeness (QED) is 0.686. The van der Waals surface area contributed by atoms with E-state index in [9.17, 15) is 9.59 Å². The molecule has 0 spiro atoms. The van der Waals surface area contributed by atoms with E-state index in [0.717, 1.165) is 22.3 Å². The number of aromatic nitrogens is 3. The summed E-state index contributed by atoms with van der Waals surface area (Å²) >= 11 is 0. The van der Waals surface area contributed by atoms with Crippen molar-refractivity contribution in [1.29, 1.82) is 0 Å². The lowest BCUT2D eigenvalue weighted by Gasteiger charge is -2.18. The number of fused-ring (bicyclic) bond motifs is 1. The minimum atomic E-state index is -0.0633. The Hall–Kier alpha value is -2.69. The molecule has 3 rings (SSSR count). The second kappa shape index (κ2) is 5.99. The lowest BCUT2D eigenvalue weighted by atomic mass is 9.97. The van der Waals surface area contributed by atoms with Crippen molar-refractivity contribution in [2.75, 3.05) is 0 Å². The molecule has 2 heterocycles. The van der Waals surface area contributed by atoms with Gasteiger partial charge in [-0.2, -0.15) is 0 Å². The fourth-order valence-electron chi connectivity index (χ4n) is 2.99. The largest absolute Gasteiger partial charge is 0.328 e. The van der Waals surface area contributed by atoms with E-state index in [0.29, 0.717) is 12.2 Å². The first kappa shape index (κ1) is 17.1. The van der Waals surface area contributed by atoms with Crippen LogP contribution < -0.4 is 5.69 Å². The van der Waals surface area contributed by atoms with Gasteiger partial charge in [0.05, 0.1) is 16.7 Å². The first-order valence-corrected chi connectivity index (χ1v) is 8.35. The van der Waals surface area contributed by atoms with Gasteiger partial charge in [-0.1, -0.05) is 32.9 Å². The van der Waals surface area contributed by atoms with Crippen LogP contribution in [-0.2, 0) is 13.6 Å². The lowest BCUT2D eigenvalue weighted by molar-refractivity contribution is 0.101. The molecule has 1 aromatic carbocycles. The van der Waals surface area contributed by atoms with Gasteiger partial charge >= 0.3 is 5.69 Å². The number of aryl methyl sites for hydroxylation is 1. The minimum Gasteiger partial charge on any atom is -0.295 e. The average molecular weight is 337 g/mol. The molecule has 0 radical (unpaired) electrons. The summed E-state index contributed by atoms with van der Waals surface area (Å²) in [4.78, 5) is 28.6. The van der Waals surface area contributed by atoms with E-state index in [1.807, 2.05) is 34.9 Å². The first-order chi connectivity index (χ1) is 11.7. The average Bonchev–Trinajstić information content (AvgIpc) is 2.78. The van der Waals surface area contributed by atoms with Crippen LogP contribution in [0.1, 0.15) is 38.2 Å². The number of ketones is 1. The van der Waals surface area contributed by atoms with Crippen LogP contribution in [0, 0.1) is 5.41 Å². The summed E-state index contributed by atoms with van der Waals surface area (Å²) in [6.45, 7) is 8.50. The van der Waals surface area contributed by atoms with Gasteiger partial charge in [0.2, 0.25) is 0 Å². The smallest absolute Gasteiger partial charge is 0.295 e. The molecule has 0 aliphatic carbocycles. The molecule has 0 bridgehead atoms. The van der Waals surface area contributed by atoms with Crippen molar-refractivity contribution >= 4 is 16.8 Å². The zero-order valence-corrected chi connectivity index (χ0v) is 15.3. The summed E-state index contributed by atoms with van der Waals surface area (Å²) in [7, 11) is 1.78. The first-order valence-electron chi connectivity index (χ1n) is 8.35. The maximum atomic E-state index is 12.6. The molecule has 130 valence electrons. The highest BCUT2D eigenvalue weighted by Crippen LogP contribution is 2.25. The number of benzene rings is 1. The number of pyridine rings is 1. The molecule has 2 aromatic heterocycles. The number of rotatable bonds is 3. The molecule has 5 heteroatoms. The Kier molecular flexibility index (Phi) is 4.11. The molecular weight excluding hydrogens is 314 g/mol. The molecule has 0 N–H and O–H groups in total. The molecule has 0 saturated heterocycles. The van der Waals surface area contributed by atoms with Gasteiger partial charge in [0.15, 0.2) is 5.78 Å². The Morgan fingerprint density at radius 3 is 2.48 bits per heavy atom. The second-order valence-electron chi connectivity index (χ2n) is 7.66. The van der Waals surface area contributed by atoms with Crippen LogP contribution in [-0.4, -0.2) is 19.9 Å². The highest BCUT2D eigenvalue weighted by Gasteiger charge is 2.18. The number of carbonyl (C=O) groups excluding carboxylic acids is 1. The standard InChI is InChI=1S/C20H23N3O2/c1-13(24)15-7-6-8-16(21-15)14-9-10-17-18(11-14)22(5)19(25)23(17)12-20(2,3)4/h6-11H,12H2,1-5H3. The molecule has 0 amide bonds. The molecular formula is C20H23N3O2. The summed E-state index contributed by atoms with van der Waals surface area (Å²) < 4.78 is 3.48. The van der Waals surface area contributed by atoms with Crippen molar-refractivity contribution < 1.29 is 4.79 Å². The highest BCUT2D eigenvalue weighted by molar-refractivity contribution is 5.92. The monoisotopic (exact) mass is 337 g/mol. The third-order valence-corrected chi connectivity index (χ3v) is 4.18. The van der Waals surface area contributed by atoms with Crippen LogP contribution in [0.2, 0.25) is 0 Å². The molecule has 0 aliphatic heterocycles. The Balaban J connectivity index is 2.16. The number of imidazole rings is 1. The molecule has 0 unspecified atom stereocenters. The molecule has 0 fully saturated rings. The summed E-state index contributed by atoms with van der Waals surface area (Å²) in [5.41, 5.74) is 3.82. The van der Waals surface area contributed by atoms with E-state index in [2.05, 4.69) is 25.8 Å². The normalized spacial score (nSPS) is 11.9. The summed E-state index contributed by atoms with van der Waals surface area (Å²) in [5, 5.41) is 0. The summed E-state index contributed by atoms with van der Waals surface area (Å²) in [6, 6.07) is 11.3. The maximum absolute atomic E-state index is 12.6. The van der Waals surface area contributed by atoms with E-state index in [1.54, 1.807) is 17.7 Å². The van der Waals surface area contributed by atoms with Gasteiger partial charge in [-0.15, -0.1) is 0 Å². The number of hydrogen-bond donors (Lipinski definition) is 0. The van der Waals surface area contributed by atoms with Crippen molar-refractivity contribution in [2.45, 2.75) is 34.2 Å². The van der Waals surface area contributed by atoms with Crippen molar-refractivity contribution in [3.63, 3.8) is 0 Å². The van der Waals surface area contributed by atoms with E-state index < -0.39 is 0 Å². The Morgan fingerprint density at radius 2 is 1.84 bits per heavy atom. The topological polar surface area (TPSA) is 56.9 Å². The summed E-state index contributed by atoms with van der Waals surface area (Å²) in [6.07, 6.45) is 0. The Labute approximate surface area is 146 Å². The van der Waals surface area contributed by atoms with Gasteiger partial charge in [-0.25, -0.2) is 9.78 Å². The van der Waals surface area contributed by atoms with Crippen LogP contribution in [0.15, 0.2) is 41.2 Å². The minimum absolute atomic E-state index is 0.00809. The number of Topliss-reactive ketones (excluding diaryl/α,β-unsaturated/α-hetero) is 1. The van der Waals surface area contributed by atoms with Gasteiger partial charge in [-0.3, -0.25) is 13.9 Å². The third-order valence-electron chi connectivity index (χ3n) is 4.18. The predicted octanol–water partition coefficient (Wildman–Crippen LogP) is 3.65. The van der Waals surface area contributed by atoms with Gasteiger partial charge < -0.3 is 0 Å². The Bertz CT molecular complexity index is 1020. The van der Waals surface area contributed by atoms with E-state index in [1.165, 1.54) is 6.92 Å². The number of hydrogen-bond acceptors (Lipinski definition) is 3. The van der Waals surface area contributed by atoms with Crippen molar-refractivity contribution in [3.05, 3.63) is 52.6 Å². The molecule has 0 aliphatic rings. The third kappa shape index (κ3) is 3.27. The van der Waals surface area contributed by atoms with E-state index in [4.69, 9.17) is 0 Å². The fourth-order valence-corrected chi connectivity index (χ4v) is 2.99. The van der Waals surface area contributed by atoms with Crippen LogP contribution in [0.4, 0.5) is 0 Å². The zero-order chi connectivity index (χ0) is 18.4. The molecule has 3 aromatic rings. The van der Waals surface area contributed by atoms with Crippen molar-refractivity contribution in [2.24, 2.45) is 12.5 Å². The SMILES string of the molecule is CC(=O)c1cccc(-c2ccc3c(c2)n(C)c(=O)n3CC(C)(C)C)n1. The molecule has 0 saturated carbocycles.